The van der Waals surface area contributed by atoms with Crippen molar-refractivity contribution in [2.24, 2.45) is 0 Å². The molecular formula is C18H24N2O3. The average Bonchev–Trinajstić information content (AvgIpc) is 2.92. The second-order valence-electron chi connectivity index (χ2n) is 6.28. The normalized spacial score (nSPS) is 20.5. The van der Waals surface area contributed by atoms with E-state index in [-0.39, 0.29) is 6.10 Å². The first-order chi connectivity index (χ1) is 11.1. The largest absolute Gasteiger partial charge is 0.491 e. The Labute approximate surface area is 137 Å². The monoisotopic (exact) mass is 316 g/mol. The highest BCUT2D eigenvalue weighted by molar-refractivity contribution is 5.29. The number of rotatable bonds is 7. The quantitative estimate of drug-likeness (QED) is 0.779. The predicted octanol–water partition coefficient (Wildman–Crippen LogP) is 3.73. The Morgan fingerprint density at radius 2 is 1.96 bits per heavy atom. The summed E-state index contributed by atoms with van der Waals surface area (Å²) in [4.78, 5) is 4.53. The van der Waals surface area contributed by atoms with Crippen molar-refractivity contribution < 1.29 is 14.0 Å². The standard InChI is InChI=1S/C18H24N2O3/c1-4-21-16-10-14(11-16)18-19-17(20-23-18)9-13-5-7-15(8-6-13)22-12(2)3/h5-8,12,14,16H,4,9-11H2,1-3H3. The zero-order valence-electron chi connectivity index (χ0n) is 14.0. The van der Waals surface area contributed by atoms with E-state index in [1.807, 2.05) is 45.0 Å². The lowest BCUT2D eigenvalue weighted by Gasteiger charge is -2.32. The first-order valence-corrected chi connectivity index (χ1v) is 8.33. The molecule has 0 bridgehead atoms. The van der Waals surface area contributed by atoms with Crippen molar-refractivity contribution in [3.63, 3.8) is 0 Å². The molecule has 0 aliphatic heterocycles. The second-order valence-corrected chi connectivity index (χ2v) is 6.28. The summed E-state index contributed by atoms with van der Waals surface area (Å²) in [5.41, 5.74) is 1.15. The number of hydrogen-bond acceptors (Lipinski definition) is 5. The lowest BCUT2D eigenvalue weighted by molar-refractivity contribution is -0.00961. The molecule has 3 rings (SSSR count). The Hall–Kier alpha value is -1.88. The topological polar surface area (TPSA) is 57.4 Å². The highest BCUT2D eigenvalue weighted by Gasteiger charge is 2.34. The van der Waals surface area contributed by atoms with Gasteiger partial charge < -0.3 is 14.0 Å². The van der Waals surface area contributed by atoms with Gasteiger partial charge in [0.15, 0.2) is 5.82 Å². The maximum Gasteiger partial charge on any atom is 0.229 e. The van der Waals surface area contributed by atoms with Crippen LogP contribution in [0.5, 0.6) is 5.75 Å². The summed E-state index contributed by atoms with van der Waals surface area (Å²) in [6.07, 6.45) is 3.18. The Balaban J connectivity index is 1.55. The first-order valence-electron chi connectivity index (χ1n) is 8.33. The van der Waals surface area contributed by atoms with Crippen LogP contribution in [0.25, 0.3) is 0 Å². The van der Waals surface area contributed by atoms with Crippen LogP contribution in [0.15, 0.2) is 28.8 Å². The lowest BCUT2D eigenvalue weighted by Crippen LogP contribution is -2.29. The third-order valence-electron chi connectivity index (χ3n) is 3.99. The van der Waals surface area contributed by atoms with Crippen LogP contribution >= 0.6 is 0 Å². The summed E-state index contributed by atoms with van der Waals surface area (Å²) in [6.45, 7) is 6.83. The number of nitrogens with zero attached hydrogens (tertiary/aromatic N) is 2. The maximum atomic E-state index is 5.65. The zero-order valence-corrected chi connectivity index (χ0v) is 14.0. The summed E-state index contributed by atoms with van der Waals surface area (Å²) in [5.74, 6) is 2.72. The van der Waals surface area contributed by atoms with Gasteiger partial charge in [-0.05, 0) is 51.3 Å². The predicted molar refractivity (Wildman–Crippen MR) is 86.7 cm³/mol. The fraction of sp³-hybridized carbons (Fsp3) is 0.556. The van der Waals surface area contributed by atoms with Crippen molar-refractivity contribution in [2.45, 2.75) is 58.2 Å². The Kier molecular flexibility index (Phi) is 4.96. The fourth-order valence-corrected chi connectivity index (χ4v) is 2.78. The van der Waals surface area contributed by atoms with E-state index in [9.17, 15) is 0 Å². The summed E-state index contributed by atoms with van der Waals surface area (Å²) in [7, 11) is 0. The van der Waals surface area contributed by atoms with E-state index in [0.717, 1.165) is 42.5 Å². The van der Waals surface area contributed by atoms with Crippen LogP contribution in [0.1, 0.15) is 56.8 Å². The van der Waals surface area contributed by atoms with Gasteiger partial charge in [0.05, 0.1) is 12.2 Å². The third kappa shape index (κ3) is 4.10. The van der Waals surface area contributed by atoms with Crippen molar-refractivity contribution in [2.75, 3.05) is 6.61 Å². The third-order valence-corrected chi connectivity index (χ3v) is 3.99. The maximum absolute atomic E-state index is 5.65. The summed E-state index contributed by atoms with van der Waals surface area (Å²) in [6, 6.07) is 8.05. The van der Waals surface area contributed by atoms with Gasteiger partial charge in [-0.1, -0.05) is 17.3 Å². The number of hydrogen-bond donors (Lipinski definition) is 0. The molecule has 0 spiro atoms. The smallest absolute Gasteiger partial charge is 0.229 e. The van der Waals surface area contributed by atoms with Crippen LogP contribution in [-0.4, -0.2) is 29.0 Å². The molecule has 0 saturated heterocycles. The number of ether oxygens (including phenoxy) is 2. The molecule has 1 aliphatic carbocycles. The minimum Gasteiger partial charge on any atom is -0.491 e. The molecule has 1 aromatic heterocycles. The van der Waals surface area contributed by atoms with Crippen molar-refractivity contribution in [3.05, 3.63) is 41.5 Å². The molecule has 1 aromatic carbocycles. The Morgan fingerprint density at radius 1 is 1.22 bits per heavy atom. The summed E-state index contributed by atoms with van der Waals surface area (Å²) < 4.78 is 16.6. The highest BCUT2D eigenvalue weighted by atomic mass is 16.5. The van der Waals surface area contributed by atoms with Crippen LogP contribution in [-0.2, 0) is 11.2 Å². The van der Waals surface area contributed by atoms with E-state index in [4.69, 9.17) is 14.0 Å². The van der Waals surface area contributed by atoms with Crippen LogP contribution in [0.3, 0.4) is 0 Å². The van der Waals surface area contributed by atoms with E-state index in [2.05, 4.69) is 10.1 Å². The molecule has 1 aliphatic rings. The van der Waals surface area contributed by atoms with Crippen LogP contribution in [0, 0.1) is 0 Å². The second kappa shape index (κ2) is 7.13. The fourth-order valence-electron chi connectivity index (χ4n) is 2.78. The van der Waals surface area contributed by atoms with Crippen molar-refractivity contribution in [1.29, 1.82) is 0 Å². The Morgan fingerprint density at radius 3 is 2.61 bits per heavy atom. The van der Waals surface area contributed by atoms with Crippen molar-refractivity contribution >= 4 is 0 Å². The Bertz CT molecular complexity index is 615. The molecule has 0 atom stereocenters. The van der Waals surface area contributed by atoms with Gasteiger partial charge in [0.25, 0.3) is 0 Å². The number of aromatic nitrogens is 2. The van der Waals surface area contributed by atoms with E-state index in [0.29, 0.717) is 18.4 Å². The van der Waals surface area contributed by atoms with Gasteiger partial charge in [-0.2, -0.15) is 4.98 Å². The van der Waals surface area contributed by atoms with Gasteiger partial charge in [0, 0.05) is 18.9 Å². The highest BCUT2D eigenvalue weighted by Crippen LogP contribution is 2.37. The van der Waals surface area contributed by atoms with Crippen LogP contribution < -0.4 is 4.74 Å². The average molecular weight is 316 g/mol. The zero-order chi connectivity index (χ0) is 16.2. The molecule has 2 aromatic rings. The van der Waals surface area contributed by atoms with Gasteiger partial charge in [0.2, 0.25) is 5.89 Å². The van der Waals surface area contributed by atoms with Crippen LogP contribution in [0.2, 0.25) is 0 Å². The lowest BCUT2D eigenvalue weighted by atomic mass is 9.82. The molecule has 0 amide bonds. The molecule has 23 heavy (non-hydrogen) atoms. The van der Waals surface area contributed by atoms with Crippen LogP contribution in [0.4, 0.5) is 0 Å². The molecule has 1 saturated carbocycles. The molecule has 124 valence electrons. The van der Waals surface area contributed by atoms with Gasteiger partial charge >= 0.3 is 0 Å². The van der Waals surface area contributed by atoms with Gasteiger partial charge in [-0.15, -0.1) is 0 Å². The molecule has 1 fully saturated rings. The molecular weight excluding hydrogens is 292 g/mol. The van der Waals surface area contributed by atoms with Gasteiger partial charge in [-0.25, -0.2) is 0 Å². The van der Waals surface area contributed by atoms with E-state index in [1.54, 1.807) is 0 Å². The van der Waals surface area contributed by atoms with Crippen molar-refractivity contribution in [1.82, 2.24) is 10.1 Å². The minimum absolute atomic E-state index is 0.184. The summed E-state index contributed by atoms with van der Waals surface area (Å²) in [5, 5.41) is 4.10. The molecule has 1 heterocycles. The van der Waals surface area contributed by atoms with E-state index in [1.165, 1.54) is 0 Å². The number of benzene rings is 1. The van der Waals surface area contributed by atoms with Gasteiger partial charge in [-0.3, -0.25) is 0 Å². The van der Waals surface area contributed by atoms with E-state index >= 15 is 0 Å². The molecule has 0 radical (unpaired) electrons. The molecule has 5 heteroatoms. The SMILES string of the molecule is CCOC1CC(c2nc(Cc3ccc(OC(C)C)cc3)no2)C1. The molecule has 0 N–H and O–H groups in total. The molecule has 5 nitrogen and oxygen atoms in total. The molecule has 0 unspecified atom stereocenters. The van der Waals surface area contributed by atoms with E-state index < -0.39 is 0 Å². The minimum atomic E-state index is 0.184. The van der Waals surface area contributed by atoms with Crippen molar-refractivity contribution in [3.8, 4) is 5.75 Å². The van der Waals surface area contributed by atoms with Gasteiger partial charge in [0.1, 0.15) is 5.75 Å². The summed E-state index contributed by atoms with van der Waals surface area (Å²) >= 11 is 0. The first kappa shape index (κ1) is 16.0.